The van der Waals surface area contributed by atoms with Crippen molar-refractivity contribution in [1.82, 2.24) is 0 Å². The van der Waals surface area contributed by atoms with Crippen LogP contribution in [-0.2, 0) is 32.7 Å². The maximum absolute atomic E-state index is 12.8. The van der Waals surface area contributed by atoms with Gasteiger partial charge in [0.2, 0.25) is 0 Å². The summed E-state index contributed by atoms with van der Waals surface area (Å²) in [4.78, 5) is 38.0. The van der Waals surface area contributed by atoms with E-state index in [9.17, 15) is 19.0 Å². The number of hydrogen-bond donors (Lipinski definition) is 0. The Kier molecular flexibility index (Phi) is 60.9. The molecule has 0 amide bonds. The molecular weight excluding hydrogens is 1090 g/mol. The Morgan fingerprint density at radius 2 is 0.628 bits per heavy atom. The molecule has 0 rings (SSSR count). The van der Waals surface area contributed by atoms with Crippen molar-refractivity contribution >= 4 is 19.8 Å². The Hall–Kier alpha value is -4.89. The summed E-state index contributed by atoms with van der Waals surface area (Å²) < 4.78 is 34.2. The highest BCUT2D eigenvalue weighted by molar-refractivity contribution is 7.45. The predicted octanol–water partition coefficient (Wildman–Crippen LogP) is 21.3. The molecule has 0 aromatic heterocycles. The largest absolute Gasteiger partial charge is 0.756 e. The molecule has 0 fully saturated rings. The molecule has 0 radical (unpaired) electrons. The van der Waals surface area contributed by atoms with Crippen molar-refractivity contribution in [1.29, 1.82) is 0 Å². The second kappa shape index (κ2) is 64.6. The number of carbonyl (C=O) groups excluding carboxylic acids is 2. The number of nitrogens with zero attached hydrogens (tertiary/aromatic N) is 1. The zero-order valence-corrected chi connectivity index (χ0v) is 55.8. The van der Waals surface area contributed by atoms with Crippen LogP contribution >= 0.6 is 7.82 Å². The second-order valence-electron chi connectivity index (χ2n) is 22.7. The van der Waals surface area contributed by atoms with Crippen LogP contribution < -0.4 is 4.89 Å². The van der Waals surface area contributed by atoms with Crippen molar-refractivity contribution in [3.05, 3.63) is 182 Å². The molecule has 0 N–H and O–H groups in total. The molecule has 9 nitrogen and oxygen atoms in total. The molecule has 0 aliphatic carbocycles. The lowest BCUT2D eigenvalue weighted by molar-refractivity contribution is -0.870. The van der Waals surface area contributed by atoms with E-state index in [0.717, 1.165) is 154 Å². The molecule has 0 heterocycles. The zero-order valence-electron chi connectivity index (χ0n) is 54.9. The van der Waals surface area contributed by atoms with E-state index in [0.29, 0.717) is 23.9 Å². The van der Waals surface area contributed by atoms with E-state index in [2.05, 4.69) is 196 Å². The molecule has 2 atom stereocenters. The standard InChI is InChI=1S/C76H122NO8P/c1-6-8-10-12-14-16-18-20-22-24-26-28-29-30-31-32-33-34-35-36-37-38-39-40-41-42-43-44-45-46-47-49-51-53-55-57-59-61-63-65-67-69-76(79)85-74(73-84-86(80,81)83-71-70-77(3,4)5)72-82-75(78)68-66-64-62-60-58-56-54-52-50-48-27-25-23-21-19-17-15-13-11-9-7-2/h8-11,14-17,20-23,26-28,30-31,33-34,36-37,39-40,42-43,45-46,48-49,51,74H,6-7,12-13,18-19,24-25,29,32,35,38,41,44,47,50,52-73H2,1-5H3/b10-8-,11-9-,16-14-,17-15-,22-20-,23-21-,28-26-,31-30-,34-33-,37-36-,40-39-,43-42-,46-45-,48-27-,51-49-. The van der Waals surface area contributed by atoms with Crippen LogP contribution in [0.25, 0.3) is 0 Å². The number of phosphoric ester groups is 1. The van der Waals surface area contributed by atoms with E-state index in [1.54, 1.807) is 0 Å². The van der Waals surface area contributed by atoms with Crippen LogP contribution in [0.1, 0.15) is 232 Å². The molecule has 0 aliphatic rings. The molecule has 86 heavy (non-hydrogen) atoms. The number of carbonyl (C=O) groups is 2. The topological polar surface area (TPSA) is 111 Å². The summed E-state index contributed by atoms with van der Waals surface area (Å²) in [5.41, 5.74) is 0. The maximum Gasteiger partial charge on any atom is 0.306 e. The zero-order chi connectivity index (χ0) is 62.6. The molecule has 484 valence electrons. The maximum atomic E-state index is 12.8. The van der Waals surface area contributed by atoms with Gasteiger partial charge in [-0.3, -0.25) is 14.2 Å². The third-order valence-electron chi connectivity index (χ3n) is 13.4. The molecule has 0 aromatic carbocycles. The van der Waals surface area contributed by atoms with Gasteiger partial charge in [0.25, 0.3) is 7.82 Å². The summed E-state index contributed by atoms with van der Waals surface area (Å²) in [5, 5.41) is 0. The highest BCUT2D eigenvalue weighted by atomic mass is 31.2. The van der Waals surface area contributed by atoms with E-state index in [4.69, 9.17) is 18.5 Å². The molecule has 0 saturated heterocycles. The number of ether oxygens (including phenoxy) is 2. The van der Waals surface area contributed by atoms with Crippen LogP contribution in [0.4, 0.5) is 0 Å². The molecular formula is C76H122NO8P. The van der Waals surface area contributed by atoms with Gasteiger partial charge >= 0.3 is 11.9 Å². The number of hydrogen-bond acceptors (Lipinski definition) is 8. The molecule has 10 heteroatoms. The fraction of sp³-hybridized carbons (Fsp3) is 0.579. The lowest BCUT2D eigenvalue weighted by atomic mass is 10.1. The van der Waals surface area contributed by atoms with Gasteiger partial charge in [-0.2, -0.15) is 0 Å². The fourth-order valence-electron chi connectivity index (χ4n) is 8.36. The van der Waals surface area contributed by atoms with Crippen molar-refractivity contribution in [2.75, 3.05) is 47.5 Å². The highest BCUT2D eigenvalue weighted by Crippen LogP contribution is 2.38. The minimum Gasteiger partial charge on any atom is -0.756 e. The Balaban J connectivity index is 4.17. The Bertz CT molecular complexity index is 2100. The van der Waals surface area contributed by atoms with Crippen molar-refractivity contribution < 1.29 is 42.1 Å². The van der Waals surface area contributed by atoms with Gasteiger partial charge < -0.3 is 27.9 Å². The number of unbranched alkanes of at least 4 members (excludes halogenated alkanes) is 15. The average Bonchev–Trinajstić information content (AvgIpc) is 3.70. The van der Waals surface area contributed by atoms with Crippen molar-refractivity contribution in [2.45, 2.75) is 238 Å². The van der Waals surface area contributed by atoms with Crippen LogP contribution in [0.3, 0.4) is 0 Å². The SMILES string of the molecule is CC/C=C\C/C=C\C/C=C\C/C=C\C/C=C\C/C=C\C/C=C\C/C=C\C/C=C\C/C=C\C/C=C\CCCCCCCCCC(=O)OC(COC(=O)CCCCCCCCCC/C=C\C/C=C\C/C=C\C/C=C\CC)COP(=O)([O-])OCC[N+](C)(C)C. The Labute approximate surface area is 527 Å². The molecule has 0 aromatic rings. The van der Waals surface area contributed by atoms with Crippen molar-refractivity contribution in [2.24, 2.45) is 0 Å². The van der Waals surface area contributed by atoms with Crippen LogP contribution in [0.2, 0.25) is 0 Å². The van der Waals surface area contributed by atoms with E-state index < -0.39 is 32.5 Å². The summed E-state index contributed by atoms with van der Waals surface area (Å²) in [7, 11) is 1.13. The fourth-order valence-corrected chi connectivity index (χ4v) is 9.09. The number of esters is 2. The van der Waals surface area contributed by atoms with Gasteiger partial charge in [0.1, 0.15) is 19.8 Å². The first-order chi connectivity index (χ1) is 42.0. The third-order valence-corrected chi connectivity index (χ3v) is 14.4. The number of allylic oxidation sites excluding steroid dienone is 30. The van der Waals surface area contributed by atoms with Gasteiger partial charge in [0, 0.05) is 12.8 Å². The monoisotopic (exact) mass is 1210 g/mol. The van der Waals surface area contributed by atoms with Gasteiger partial charge in [-0.25, -0.2) is 0 Å². The van der Waals surface area contributed by atoms with E-state index in [-0.39, 0.29) is 26.1 Å². The summed E-state index contributed by atoms with van der Waals surface area (Å²) in [6, 6.07) is 0. The molecule has 0 spiro atoms. The van der Waals surface area contributed by atoms with Gasteiger partial charge in [-0.05, 0) is 135 Å². The minimum absolute atomic E-state index is 0.0445. The summed E-state index contributed by atoms with van der Waals surface area (Å²) in [5.74, 6) is -0.868. The van der Waals surface area contributed by atoms with E-state index >= 15 is 0 Å². The quantitative estimate of drug-likeness (QED) is 0.0195. The first kappa shape index (κ1) is 81.1. The molecule has 0 aliphatic heterocycles. The van der Waals surface area contributed by atoms with E-state index in [1.807, 2.05) is 21.1 Å². The van der Waals surface area contributed by atoms with Gasteiger partial charge in [0.05, 0.1) is 27.7 Å². The molecule has 0 bridgehead atoms. The van der Waals surface area contributed by atoms with Crippen LogP contribution in [0.5, 0.6) is 0 Å². The normalized spacial score (nSPS) is 14.3. The smallest absolute Gasteiger partial charge is 0.306 e. The number of phosphoric acid groups is 1. The summed E-state index contributed by atoms with van der Waals surface area (Å²) >= 11 is 0. The first-order valence-electron chi connectivity index (χ1n) is 33.5. The Morgan fingerprint density at radius 3 is 0.930 bits per heavy atom. The molecule has 2 unspecified atom stereocenters. The van der Waals surface area contributed by atoms with Gasteiger partial charge in [0.15, 0.2) is 6.10 Å². The first-order valence-corrected chi connectivity index (χ1v) is 35.0. The minimum atomic E-state index is -4.66. The molecule has 0 saturated carbocycles. The van der Waals surface area contributed by atoms with Crippen molar-refractivity contribution in [3.8, 4) is 0 Å². The van der Waals surface area contributed by atoms with Crippen molar-refractivity contribution in [3.63, 3.8) is 0 Å². The second-order valence-corrected chi connectivity index (χ2v) is 24.1. The van der Waals surface area contributed by atoms with Gasteiger partial charge in [-0.1, -0.05) is 267 Å². The summed E-state index contributed by atoms with van der Waals surface area (Å²) in [6.45, 7) is 3.97. The van der Waals surface area contributed by atoms with Crippen LogP contribution in [0, 0.1) is 0 Å². The predicted molar refractivity (Wildman–Crippen MR) is 369 cm³/mol. The van der Waals surface area contributed by atoms with E-state index in [1.165, 1.54) is 38.5 Å². The average molecular weight is 1210 g/mol. The lowest BCUT2D eigenvalue weighted by Gasteiger charge is -2.28. The third kappa shape index (κ3) is 68.2. The number of rotatable bonds is 59. The highest BCUT2D eigenvalue weighted by Gasteiger charge is 2.22. The van der Waals surface area contributed by atoms with Gasteiger partial charge in [-0.15, -0.1) is 0 Å². The summed E-state index contributed by atoms with van der Waals surface area (Å²) in [6.07, 6.45) is 99.5. The van der Waals surface area contributed by atoms with Crippen LogP contribution in [0.15, 0.2) is 182 Å². The Morgan fingerprint density at radius 1 is 0.360 bits per heavy atom. The van der Waals surface area contributed by atoms with Crippen LogP contribution in [-0.4, -0.2) is 70.0 Å². The number of likely N-dealkylation sites (N-methyl/N-ethyl adjacent to an activating group) is 1. The lowest BCUT2D eigenvalue weighted by Crippen LogP contribution is -2.37. The number of quaternary nitrogens is 1.